The van der Waals surface area contributed by atoms with Gasteiger partial charge in [-0.25, -0.2) is 4.79 Å². The zero-order valence-electron chi connectivity index (χ0n) is 30.7. The van der Waals surface area contributed by atoms with Crippen molar-refractivity contribution in [3.8, 4) is 0 Å². The molecule has 12 nitrogen and oxygen atoms in total. The third kappa shape index (κ3) is 9.25. The molecule has 47 heavy (non-hydrogen) atoms. The molecule has 3 aliphatic heterocycles. The fraction of sp³-hybridized carbons (Fsp3) is 0.914. The van der Waals surface area contributed by atoms with Gasteiger partial charge in [0.15, 0.2) is 11.9 Å². The zero-order chi connectivity index (χ0) is 35.3. The number of aliphatic hydroxyl groups excluding tert-OH is 1. The van der Waals surface area contributed by atoms with Gasteiger partial charge >= 0.3 is 12.1 Å². The Labute approximate surface area is 282 Å². The molecule has 2 N–H and O–H groups in total. The summed E-state index contributed by atoms with van der Waals surface area (Å²) in [6.07, 6.45) is -0.586. The van der Waals surface area contributed by atoms with E-state index in [4.69, 9.17) is 23.7 Å². The first-order valence-electron chi connectivity index (χ1n) is 17.8. The van der Waals surface area contributed by atoms with E-state index >= 15 is 0 Å². The molecular formula is C35H63N3O9. The molecule has 0 radical (unpaired) electrons. The van der Waals surface area contributed by atoms with Crippen LogP contribution in [-0.2, 0) is 33.3 Å². The fourth-order valence-corrected chi connectivity index (χ4v) is 8.02. The first-order valence-corrected chi connectivity index (χ1v) is 17.8. The summed E-state index contributed by atoms with van der Waals surface area (Å²) < 4.78 is 31.0. The predicted molar refractivity (Wildman–Crippen MR) is 178 cm³/mol. The molecule has 0 aromatic carbocycles. The Balaban J connectivity index is 1.83. The lowest BCUT2D eigenvalue weighted by molar-refractivity contribution is -0.298. The molecule has 3 fully saturated rings. The maximum absolute atomic E-state index is 13.3. The topological polar surface area (TPSA) is 136 Å². The van der Waals surface area contributed by atoms with Gasteiger partial charge in [0.2, 0.25) is 0 Å². The van der Waals surface area contributed by atoms with Gasteiger partial charge in [0.1, 0.15) is 18.0 Å². The third-order valence-corrected chi connectivity index (χ3v) is 10.7. The second kappa shape index (κ2) is 16.7. The van der Waals surface area contributed by atoms with Gasteiger partial charge in [-0.1, -0.05) is 34.6 Å². The maximum Gasteiger partial charge on any atom is 0.408 e. The molecule has 272 valence electrons. The summed E-state index contributed by atoms with van der Waals surface area (Å²) in [7, 11) is 3.87. The van der Waals surface area contributed by atoms with Crippen LogP contribution >= 0.6 is 0 Å². The molecule has 0 bridgehead atoms. The SMILES string of the molecule is CCC(=O)O[C@H](CC)[C@@]1(C)OC(=O)N[C@@H]1[C@@H](C)N(CC)C[C@H](C)CC1(C)OCCCC(=O)[C@H](C)[C@H]1O[C@@H]1OC(C)CC(N(C)C)C1O. The van der Waals surface area contributed by atoms with Crippen LogP contribution in [0.3, 0.4) is 0 Å². The standard InChI is InChI=1S/C35H63N3O9/c1-12-27(45-28(40)13-2)35(9)30(36-33(42)47-35)24(7)38(14-3)20-21(4)19-34(8)31(23(6)26(39)16-15-17-43-34)46-32-29(41)25(37(10)11)18-22(5)44-32/h21-25,27,29-32,41H,12-20H2,1-11H3,(H,36,42)/t21-,22?,23+,24-,25?,27-,29?,30-,31-,32+,34?,35-/m1/s1. The van der Waals surface area contributed by atoms with Crippen LogP contribution in [-0.4, -0.2) is 127 Å². The van der Waals surface area contributed by atoms with Gasteiger partial charge in [-0.15, -0.1) is 0 Å². The van der Waals surface area contributed by atoms with Crippen molar-refractivity contribution in [3.05, 3.63) is 0 Å². The van der Waals surface area contributed by atoms with Crippen molar-refractivity contribution in [2.45, 2.75) is 161 Å². The molecule has 3 saturated heterocycles. The average molecular weight is 670 g/mol. The molecule has 3 aliphatic rings. The Kier molecular flexibility index (Phi) is 14.1. The van der Waals surface area contributed by atoms with Crippen molar-refractivity contribution >= 4 is 17.8 Å². The highest BCUT2D eigenvalue weighted by atomic mass is 16.7. The lowest BCUT2D eigenvalue weighted by atomic mass is 9.78. The number of hydrogen-bond acceptors (Lipinski definition) is 11. The van der Waals surface area contributed by atoms with E-state index in [0.717, 1.165) is 0 Å². The van der Waals surface area contributed by atoms with Crippen molar-refractivity contribution in [1.82, 2.24) is 15.1 Å². The first-order chi connectivity index (χ1) is 22.0. The molecule has 4 unspecified atom stereocenters. The summed E-state index contributed by atoms with van der Waals surface area (Å²) in [5.41, 5.74) is -1.88. The summed E-state index contributed by atoms with van der Waals surface area (Å²) in [5.74, 6) is -0.579. The molecule has 12 heteroatoms. The third-order valence-electron chi connectivity index (χ3n) is 10.7. The van der Waals surface area contributed by atoms with E-state index < -0.39 is 53.9 Å². The minimum Gasteiger partial charge on any atom is -0.458 e. The van der Waals surface area contributed by atoms with Crippen molar-refractivity contribution in [3.63, 3.8) is 0 Å². The predicted octanol–water partition coefficient (Wildman–Crippen LogP) is 3.91. The highest BCUT2D eigenvalue weighted by Crippen LogP contribution is 2.38. The number of carbonyl (C=O) groups excluding carboxylic acids is 3. The molecular weight excluding hydrogens is 606 g/mol. The Bertz CT molecular complexity index is 1060. The number of aliphatic hydroxyl groups is 1. The number of hydrogen-bond donors (Lipinski definition) is 2. The van der Waals surface area contributed by atoms with Crippen LogP contribution in [0.5, 0.6) is 0 Å². The summed E-state index contributed by atoms with van der Waals surface area (Å²) in [6.45, 7) is 19.5. The minimum atomic E-state index is -1.04. The summed E-state index contributed by atoms with van der Waals surface area (Å²) >= 11 is 0. The molecule has 1 amide bonds. The number of rotatable bonds is 14. The Morgan fingerprint density at radius 2 is 1.83 bits per heavy atom. The van der Waals surface area contributed by atoms with E-state index in [0.29, 0.717) is 51.8 Å². The number of alkyl carbamates (subject to hydrolysis) is 1. The second-order valence-corrected chi connectivity index (χ2v) is 14.7. The highest BCUT2D eigenvalue weighted by molar-refractivity contribution is 5.81. The van der Waals surface area contributed by atoms with E-state index in [1.165, 1.54) is 0 Å². The lowest BCUT2D eigenvalue weighted by Crippen LogP contribution is -2.61. The maximum atomic E-state index is 13.3. The van der Waals surface area contributed by atoms with E-state index in [1.54, 1.807) is 6.92 Å². The van der Waals surface area contributed by atoms with Gasteiger partial charge in [0.25, 0.3) is 0 Å². The van der Waals surface area contributed by atoms with Crippen LogP contribution in [0.25, 0.3) is 0 Å². The number of ether oxygens (including phenoxy) is 5. The van der Waals surface area contributed by atoms with Gasteiger partial charge in [-0.3, -0.25) is 14.5 Å². The van der Waals surface area contributed by atoms with Crippen LogP contribution in [0.2, 0.25) is 0 Å². The fourth-order valence-electron chi connectivity index (χ4n) is 8.02. The van der Waals surface area contributed by atoms with Crippen molar-refractivity contribution in [2.75, 3.05) is 33.8 Å². The van der Waals surface area contributed by atoms with Crippen molar-refractivity contribution in [2.24, 2.45) is 11.8 Å². The molecule has 0 aromatic rings. The molecule has 3 heterocycles. The molecule has 12 atom stereocenters. The largest absolute Gasteiger partial charge is 0.458 e. The number of nitrogens with one attached hydrogen (secondary N) is 1. The monoisotopic (exact) mass is 669 g/mol. The molecule has 0 spiro atoms. The van der Waals surface area contributed by atoms with Crippen LogP contribution in [0.1, 0.15) is 101 Å². The number of amides is 1. The quantitative estimate of drug-likeness (QED) is 0.261. The number of ketones is 1. The molecule has 0 aliphatic carbocycles. The molecule has 3 rings (SSSR count). The average Bonchev–Trinajstić information content (AvgIpc) is 3.33. The van der Waals surface area contributed by atoms with Crippen LogP contribution in [0.4, 0.5) is 4.79 Å². The van der Waals surface area contributed by atoms with E-state index in [-0.39, 0.29) is 42.3 Å². The van der Waals surface area contributed by atoms with Crippen LogP contribution in [0, 0.1) is 11.8 Å². The number of nitrogens with zero attached hydrogens (tertiary/aromatic N) is 2. The Morgan fingerprint density at radius 3 is 2.43 bits per heavy atom. The lowest BCUT2D eigenvalue weighted by Gasteiger charge is -2.48. The highest BCUT2D eigenvalue weighted by Gasteiger charge is 2.55. The van der Waals surface area contributed by atoms with E-state index in [2.05, 4.69) is 31.0 Å². The number of Topliss-reactive ketones (excluding diaryl/α,β-unsaturated/α-hetero) is 1. The normalized spacial score (nSPS) is 37.1. The summed E-state index contributed by atoms with van der Waals surface area (Å²) in [4.78, 5) is 42.5. The van der Waals surface area contributed by atoms with Gasteiger partial charge in [0.05, 0.1) is 23.9 Å². The number of cyclic esters (lactones) is 1. The Hall–Kier alpha value is -1.83. The van der Waals surface area contributed by atoms with E-state index in [1.807, 2.05) is 53.6 Å². The van der Waals surface area contributed by atoms with Gasteiger partial charge < -0.3 is 39.0 Å². The number of esters is 1. The summed E-state index contributed by atoms with van der Waals surface area (Å²) in [6, 6.07) is -0.713. The minimum absolute atomic E-state index is 0.0880. The van der Waals surface area contributed by atoms with Gasteiger partial charge in [0, 0.05) is 44.0 Å². The van der Waals surface area contributed by atoms with Crippen LogP contribution in [0.15, 0.2) is 0 Å². The number of likely N-dealkylation sites (N-methyl/N-ethyl adjacent to an activating group) is 2. The van der Waals surface area contributed by atoms with Crippen LogP contribution < -0.4 is 5.32 Å². The smallest absolute Gasteiger partial charge is 0.408 e. The zero-order valence-corrected chi connectivity index (χ0v) is 30.7. The number of carbonyl (C=O) groups is 3. The summed E-state index contributed by atoms with van der Waals surface area (Å²) in [5, 5.41) is 14.3. The Morgan fingerprint density at radius 1 is 1.15 bits per heavy atom. The molecule has 0 saturated carbocycles. The second-order valence-electron chi connectivity index (χ2n) is 14.7. The van der Waals surface area contributed by atoms with E-state index in [9.17, 15) is 19.5 Å². The first kappa shape index (κ1) is 39.6. The van der Waals surface area contributed by atoms with Gasteiger partial charge in [-0.2, -0.15) is 0 Å². The van der Waals surface area contributed by atoms with Crippen molar-refractivity contribution in [1.29, 1.82) is 0 Å². The van der Waals surface area contributed by atoms with Gasteiger partial charge in [-0.05, 0) is 79.9 Å². The molecule has 0 aromatic heterocycles. The van der Waals surface area contributed by atoms with Crippen molar-refractivity contribution < 1.29 is 43.2 Å².